The number of nitrogens with zero attached hydrogens (tertiary/aromatic N) is 2. The maximum Gasteiger partial charge on any atom is 0.231 e. The second-order valence-electron chi connectivity index (χ2n) is 5.27. The van der Waals surface area contributed by atoms with Gasteiger partial charge in [-0.2, -0.15) is 0 Å². The Morgan fingerprint density at radius 1 is 1.16 bits per heavy atom. The zero-order valence-corrected chi connectivity index (χ0v) is 14.7. The largest absolute Gasteiger partial charge is 0.438 e. The van der Waals surface area contributed by atoms with E-state index in [1.165, 1.54) is 6.33 Å². The Morgan fingerprint density at radius 2 is 1.92 bits per heavy atom. The van der Waals surface area contributed by atoms with Crippen molar-refractivity contribution < 1.29 is 4.74 Å². The third-order valence-corrected chi connectivity index (χ3v) is 3.51. The van der Waals surface area contributed by atoms with Crippen molar-refractivity contribution in [3.63, 3.8) is 0 Å². The lowest BCUT2D eigenvalue weighted by Gasteiger charge is -2.11. The first kappa shape index (κ1) is 18.2. The summed E-state index contributed by atoms with van der Waals surface area (Å²) in [6.45, 7) is 12.3. The number of benzene rings is 1. The smallest absolute Gasteiger partial charge is 0.231 e. The lowest BCUT2D eigenvalue weighted by molar-refractivity contribution is 0.460. The average Bonchev–Trinajstić information content (AvgIpc) is 2.63. The predicted molar refractivity (Wildman–Crippen MR) is 106 cm³/mol. The molecule has 25 heavy (non-hydrogen) atoms. The van der Waals surface area contributed by atoms with Gasteiger partial charge in [0.15, 0.2) is 0 Å². The molecule has 0 saturated carbocycles. The zero-order chi connectivity index (χ0) is 18.1. The molecule has 128 valence electrons. The Balaban J connectivity index is 2.20. The van der Waals surface area contributed by atoms with Crippen molar-refractivity contribution in [2.75, 3.05) is 11.9 Å². The standard InChI is InChI=1S/C21H23N3O/c1-5-8-9-10-16(4)17-11-13-18(14-12-17)25-21-19(6-2)20(22-7-3)23-15-24-21/h5-6,8-15H,1-2,7H2,3-4H3,(H,22,23,24)/b9-8-,16-10+. The highest BCUT2D eigenvalue weighted by atomic mass is 16.5. The highest BCUT2D eigenvalue weighted by Crippen LogP contribution is 2.28. The van der Waals surface area contributed by atoms with Gasteiger partial charge < -0.3 is 10.1 Å². The molecule has 1 heterocycles. The number of allylic oxidation sites excluding steroid dienone is 5. The molecule has 0 spiro atoms. The third kappa shape index (κ3) is 4.91. The number of nitrogens with one attached hydrogen (secondary N) is 1. The first-order valence-corrected chi connectivity index (χ1v) is 8.15. The van der Waals surface area contributed by atoms with Gasteiger partial charge in [-0.15, -0.1) is 0 Å². The molecule has 0 bridgehead atoms. The number of hydrogen-bond donors (Lipinski definition) is 1. The van der Waals surface area contributed by atoms with Crippen LogP contribution in [0.5, 0.6) is 11.6 Å². The van der Waals surface area contributed by atoms with Crippen molar-refractivity contribution in [3.8, 4) is 11.6 Å². The van der Waals surface area contributed by atoms with Crippen molar-refractivity contribution in [1.82, 2.24) is 9.97 Å². The topological polar surface area (TPSA) is 47.0 Å². The lowest BCUT2D eigenvalue weighted by atomic mass is 10.1. The van der Waals surface area contributed by atoms with Gasteiger partial charge in [-0.3, -0.25) is 0 Å². The fourth-order valence-corrected chi connectivity index (χ4v) is 2.23. The maximum atomic E-state index is 5.91. The minimum Gasteiger partial charge on any atom is -0.438 e. The Bertz CT molecular complexity index is 789. The molecule has 0 fully saturated rings. The number of ether oxygens (including phenoxy) is 1. The van der Waals surface area contributed by atoms with Crippen LogP contribution in [0.25, 0.3) is 11.6 Å². The van der Waals surface area contributed by atoms with Gasteiger partial charge in [-0.25, -0.2) is 9.97 Å². The first-order valence-electron chi connectivity index (χ1n) is 8.15. The van der Waals surface area contributed by atoms with Gasteiger partial charge in [0.1, 0.15) is 17.9 Å². The van der Waals surface area contributed by atoms with Crippen LogP contribution in [0.4, 0.5) is 5.82 Å². The van der Waals surface area contributed by atoms with E-state index < -0.39 is 0 Å². The van der Waals surface area contributed by atoms with Crippen LogP contribution >= 0.6 is 0 Å². The molecular formula is C21H23N3O. The molecular weight excluding hydrogens is 310 g/mol. The van der Waals surface area contributed by atoms with Crippen LogP contribution in [0.1, 0.15) is 25.0 Å². The molecule has 0 aliphatic rings. The van der Waals surface area contributed by atoms with E-state index in [2.05, 4.69) is 35.4 Å². The van der Waals surface area contributed by atoms with Gasteiger partial charge in [-0.1, -0.05) is 55.7 Å². The second-order valence-corrected chi connectivity index (χ2v) is 5.27. The van der Waals surface area contributed by atoms with E-state index in [9.17, 15) is 0 Å². The summed E-state index contributed by atoms with van der Waals surface area (Å²) in [5, 5.41) is 3.18. The number of hydrogen-bond acceptors (Lipinski definition) is 4. The fraction of sp³-hybridized carbons (Fsp3) is 0.143. The highest BCUT2D eigenvalue weighted by molar-refractivity contribution is 5.67. The van der Waals surface area contributed by atoms with Crippen molar-refractivity contribution in [1.29, 1.82) is 0 Å². The molecule has 0 saturated heterocycles. The van der Waals surface area contributed by atoms with Crippen LogP contribution in [0.3, 0.4) is 0 Å². The predicted octanol–water partition coefficient (Wildman–Crippen LogP) is 5.49. The summed E-state index contributed by atoms with van der Waals surface area (Å²) >= 11 is 0. The SMILES string of the molecule is C=C/C=C\C=C(/C)c1ccc(Oc2ncnc(NCC)c2C=C)cc1. The molecule has 0 unspecified atom stereocenters. The maximum absolute atomic E-state index is 5.91. The van der Waals surface area contributed by atoms with Crippen molar-refractivity contribution in [2.24, 2.45) is 0 Å². The molecule has 0 radical (unpaired) electrons. The van der Waals surface area contributed by atoms with Gasteiger partial charge in [-0.05, 0) is 37.1 Å². The molecule has 2 rings (SSSR count). The third-order valence-electron chi connectivity index (χ3n) is 3.51. The summed E-state index contributed by atoms with van der Waals surface area (Å²) in [6, 6.07) is 7.88. The summed E-state index contributed by atoms with van der Waals surface area (Å²) in [7, 11) is 0. The van der Waals surface area contributed by atoms with E-state index in [1.807, 2.05) is 49.4 Å². The van der Waals surface area contributed by atoms with Gasteiger partial charge >= 0.3 is 0 Å². The Kier molecular flexibility index (Phi) is 6.72. The van der Waals surface area contributed by atoms with Crippen molar-refractivity contribution in [2.45, 2.75) is 13.8 Å². The van der Waals surface area contributed by atoms with E-state index in [0.29, 0.717) is 17.4 Å². The molecule has 1 N–H and O–H groups in total. The quantitative estimate of drug-likeness (QED) is 0.649. The molecule has 0 aliphatic heterocycles. The van der Waals surface area contributed by atoms with Gasteiger partial charge in [0.2, 0.25) is 5.88 Å². The average molecular weight is 333 g/mol. The Hall–Kier alpha value is -3.14. The molecule has 0 aliphatic carbocycles. The minimum absolute atomic E-state index is 0.481. The molecule has 4 nitrogen and oxygen atoms in total. The van der Waals surface area contributed by atoms with Gasteiger partial charge in [0, 0.05) is 6.54 Å². The summed E-state index contributed by atoms with van der Waals surface area (Å²) < 4.78 is 5.91. The molecule has 0 amide bonds. The van der Waals surface area contributed by atoms with E-state index in [1.54, 1.807) is 12.2 Å². The van der Waals surface area contributed by atoms with Gasteiger partial charge in [0.05, 0.1) is 5.56 Å². The lowest BCUT2D eigenvalue weighted by Crippen LogP contribution is -2.03. The summed E-state index contributed by atoms with van der Waals surface area (Å²) in [5.41, 5.74) is 3.04. The van der Waals surface area contributed by atoms with E-state index in [-0.39, 0.29) is 0 Å². The molecule has 1 aromatic carbocycles. The molecule has 4 heteroatoms. The van der Waals surface area contributed by atoms with Crippen LogP contribution < -0.4 is 10.1 Å². The Labute approximate surface area is 149 Å². The number of rotatable bonds is 8. The van der Waals surface area contributed by atoms with E-state index >= 15 is 0 Å². The minimum atomic E-state index is 0.481. The van der Waals surface area contributed by atoms with Crippen molar-refractivity contribution >= 4 is 17.5 Å². The summed E-state index contributed by atoms with van der Waals surface area (Å²) in [5.74, 6) is 1.91. The molecule has 1 aromatic heterocycles. The first-order chi connectivity index (χ1) is 12.2. The monoisotopic (exact) mass is 333 g/mol. The van der Waals surface area contributed by atoms with Crippen LogP contribution in [-0.2, 0) is 0 Å². The molecule has 2 aromatic rings. The van der Waals surface area contributed by atoms with Gasteiger partial charge in [0.25, 0.3) is 0 Å². The number of aromatic nitrogens is 2. The van der Waals surface area contributed by atoms with Crippen LogP contribution in [0, 0.1) is 0 Å². The summed E-state index contributed by atoms with van der Waals surface area (Å²) in [6.07, 6.45) is 10.8. The number of anilines is 1. The highest BCUT2D eigenvalue weighted by Gasteiger charge is 2.10. The second kappa shape index (κ2) is 9.23. The normalized spacial score (nSPS) is 11.4. The van der Waals surface area contributed by atoms with Crippen LogP contribution in [0.15, 0.2) is 68.1 Å². The fourth-order valence-electron chi connectivity index (χ4n) is 2.23. The Morgan fingerprint density at radius 3 is 2.56 bits per heavy atom. The van der Waals surface area contributed by atoms with E-state index in [0.717, 1.165) is 23.2 Å². The zero-order valence-electron chi connectivity index (χ0n) is 14.7. The molecule has 0 atom stereocenters. The van der Waals surface area contributed by atoms with Crippen LogP contribution in [-0.4, -0.2) is 16.5 Å². The van der Waals surface area contributed by atoms with Crippen molar-refractivity contribution in [3.05, 3.63) is 79.2 Å². The summed E-state index contributed by atoms with van der Waals surface area (Å²) in [4.78, 5) is 8.44. The van der Waals surface area contributed by atoms with E-state index in [4.69, 9.17) is 4.74 Å². The van der Waals surface area contributed by atoms with Crippen LogP contribution in [0.2, 0.25) is 0 Å².